The molecule has 2 fully saturated rings. The van der Waals surface area contributed by atoms with Gasteiger partial charge in [0.15, 0.2) is 5.65 Å². The fraction of sp³-hybridized carbons (Fsp3) is 0.480. The Kier molecular flexibility index (Phi) is 6.16. The van der Waals surface area contributed by atoms with E-state index in [1.807, 2.05) is 42.2 Å². The zero-order chi connectivity index (χ0) is 24.7. The van der Waals surface area contributed by atoms with Gasteiger partial charge in [-0.05, 0) is 50.0 Å². The van der Waals surface area contributed by atoms with Gasteiger partial charge in [-0.2, -0.15) is 5.10 Å². The average molecular weight is 495 g/mol. The molecule has 10 heteroatoms. The molecule has 2 aliphatic rings. The standard InChI is InChI=1S/C25H30N6O3S/c1-16-19-20(34-3)18(14-27-21(19)29(2)28-16)24(33)31-13-9-25(15-31)7-11-30(12-8-25)23(32)17-6-5-10-26-22(17)35-4/h5-6,10,14H,7-9,11-13,15H2,1-4H3. The summed E-state index contributed by atoms with van der Waals surface area (Å²) >= 11 is 1.49. The highest BCUT2D eigenvalue weighted by Gasteiger charge is 2.43. The van der Waals surface area contributed by atoms with E-state index >= 15 is 0 Å². The Morgan fingerprint density at radius 1 is 1.06 bits per heavy atom. The second kappa shape index (κ2) is 9.14. The minimum absolute atomic E-state index is 0.0404. The molecule has 2 amide bonds. The van der Waals surface area contributed by atoms with E-state index in [0.717, 1.165) is 35.4 Å². The van der Waals surface area contributed by atoms with E-state index in [-0.39, 0.29) is 17.2 Å². The predicted molar refractivity (Wildman–Crippen MR) is 134 cm³/mol. The van der Waals surface area contributed by atoms with E-state index in [1.165, 1.54) is 11.8 Å². The minimum atomic E-state index is -0.0603. The number of pyridine rings is 2. The summed E-state index contributed by atoms with van der Waals surface area (Å²) < 4.78 is 7.38. The van der Waals surface area contributed by atoms with Crippen LogP contribution >= 0.6 is 11.8 Å². The van der Waals surface area contributed by atoms with E-state index in [0.29, 0.717) is 48.7 Å². The van der Waals surface area contributed by atoms with Crippen molar-refractivity contribution >= 4 is 34.6 Å². The van der Waals surface area contributed by atoms with Gasteiger partial charge in [-0.3, -0.25) is 14.3 Å². The number of hydrogen-bond donors (Lipinski definition) is 0. The molecule has 0 radical (unpaired) electrons. The van der Waals surface area contributed by atoms with Gasteiger partial charge in [0.1, 0.15) is 16.3 Å². The number of amides is 2. The van der Waals surface area contributed by atoms with Crippen molar-refractivity contribution in [2.24, 2.45) is 12.5 Å². The zero-order valence-electron chi connectivity index (χ0n) is 20.6. The number of aromatic nitrogens is 4. The van der Waals surface area contributed by atoms with Gasteiger partial charge in [-0.25, -0.2) is 9.97 Å². The van der Waals surface area contributed by atoms with Crippen LogP contribution in [-0.4, -0.2) is 80.9 Å². The SMILES string of the molecule is COc1c(C(=O)N2CCC3(CCN(C(=O)c4cccnc4SC)CC3)C2)cnc2c1c(C)nn2C. The molecule has 2 aliphatic heterocycles. The molecule has 9 nitrogen and oxygen atoms in total. The van der Waals surface area contributed by atoms with Gasteiger partial charge in [-0.15, -0.1) is 11.8 Å². The van der Waals surface area contributed by atoms with Crippen LogP contribution in [0.4, 0.5) is 0 Å². The fourth-order valence-electron chi connectivity index (χ4n) is 5.50. The molecule has 0 bridgehead atoms. The highest BCUT2D eigenvalue weighted by Crippen LogP contribution is 2.42. The van der Waals surface area contributed by atoms with E-state index in [2.05, 4.69) is 15.1 Å². The fourth-order valence-corrected chi connectivity index (χ4v) is 6.04. The third-order valence-electron chi connectivity index (χ3n) is 7.45. The number of piperidine rings is 1. The third-order valence-corrected chi connectivity index (χ3v) is 8.16. The number of aryl methyl sites for hydroxylation is 2. The van der Waals surface area contributed by atoms with Crippen molar-refractivity contribution in [1.29, 1.82) is 0 Å². The maximum atomic E-state index is 13.5. The lowest BCUT2D eigenvalue weighted by Crippen LogP contribution is -2.44. The van der Waals surface area contributed by atoms with Crippen molar-refractivity contribution in [3.05, 3.63) is 41.3 Å². The lowest BCUT2D eigenvalue weighted by Gasteiger charge is -2.39. The van der Waals surface area contributed by atoms with Crippen LogP contribution in [0.5, 0.6) is 5.75 Å². The summed E-state index contributed by atoms with van der Waals surface area (Å²) in [5.41, 5.74) is 2.67. The summed E-state index contributed by atoms with van der Waals surface area (Å²) in [5.74, 6) is 0.516. The second-order valence-electron chi connectivity index (χ2n) is 9.44. The van der Waals surface area contributed by atoms with Crippen molar-refractivity contribution in [3.63, 3.8) is 0 Å². The summed E-state index contributed by atoms with van der Waals surface area (Å²) in [5, 5.41) is 5.97. The average Bonchev–Trinajstić information content (AvgIpc) is 3.43. The van der Waals surface area contributed by atoms with Gasteiger partial charge < -0.3 is 14.5 Å². The number of nitrogens with zero attached hydrogens (tertiary/aromatic N) is 6. The molecule has 0 N–H and O–H groups in total. The van der Waals surface area contributed by atoms with Crippen LogP contribution in [0.3, 0.4) is 0 Å². The molecule has 0 aliphatic carbocycles. The van der Waals surface area contributed by atoms with Gasteiger partial charge in [0.2, 0.25) is 0 Å². The summed E-state index contributed by atoms with van der Waals surface area (Å²) in [6, 6.07) is 3.66. The maximum absolute atomic E-state index is 13.5. The van der Waals surface area contributed by atoms with E-state index < -0.39 is 0 Å². The summed E-state index contributed by atoms with van der Waals surface area (Å²) in [6.07, 6.45) is 7.96. The number of ether oxygens (including phenoxy) is 1. The Morgan fingerprint density at radius 2 is 1.74 bits per heavy atom. The number of likely N-dealkylation sites (tertiary alicyclic amines) is 2. The van der Waals surface area contributed by atoms with Crippen LogP contribution in [0.15, 0.2) is 29.6 Å². The quantitative estimate of drug-likeness (QED) is 0.514. The largest absolute Gasteiger partial charge is 0.495 e. The number of methoxy groups -OCH3 is 1. The van der Waals surface area contributed by atoms with Gasteiger partial charge in [0, 0.05) is 45.6 Å². The van der Waals surface area contributed by atoms with E-state index in [9.17, 15) is 9.59 Å². The highest BCUT2D eigenvalue weighted by atomic mass is 32.2. The normalized spacial score (nSPS) is 17.4. The first-order valence-corrected chi connectivity index (χ1v) is 13.0. The Bertz CT molecular complexity index is 1300. The molecule has 0 saturated carbocycles. The lowest BCUT2D eigenvalue weighted by atomic mass is 9.77. The molecule has 0 atom stereocenters. The first kappa shape index (κ1) is 23.6. The number of fused-ring (bicyclic) bond motifs is 1. The monoisotopic (exact) mass is 494 g/mol. The van der Waals surface area contributed by atoms with Crippen LogP contribution in [0.25, 0.3) is 11.0 Å². The summed E-state index contributed by atoms with van der Waals surface area (Å²) in [7, 11) is 3.42. The first-order chi connectivity index (χ1) is 16.9. The first-order valence-electron chi connectivity index (χ1n) is 11.8. The smallest absolute Gasteiger partial charge is 0.259 e. The second-order valence-corrected chi connectivity index (χ2v) is 10.2. The van der Waals surface area contributed by atoms with Crippen LogP contribution in [0.2, 0.25) is 0 Å². The maximum Gasteiger partial charge on any atom is 0.259 e. The van der Waals surface area contributed by atoms with E-state index in [4.69, 9.17) is 4.74 Å². The summed E-state index contributed by atoms with van der Waals surface area (Å²) in [6.45, 7) is 4.65. The van der Waals surface area contributed by atoms with Crippen molar-refractivity contribution in [2.75, 3.05) is 39.5 Å². The molecule has 0 unspecified atom stereocenters. The van der Waals surface area contributed by atoms with Gasteiger partial charge >= 0.3 is 0 Å². The Morgan fingerprint density at radius 3 is 2.43 bits per heavy atom. The van der Waals surface area contributed by atoms with Gasteiger partial charge in [0.05, 0.1) is 23.8 Å². The van der Waals surface area contributed by atoms with Crippen molar-refractivity contribution in [1.82, 2.24) is 29.5 Å². The number of carbonyl (C=O) groups is 2. The molecule has 3 aromatic heterocycles. The molecule has 3 aromatic rings. The molecule has 2 saturated heterocycles. The number of rotatable bonds is 4. The van der Waals surface area contributed by atoms with Crippen molar-refractivity contribution in [2.45, 2.75) is 31.2 Å². The van der Waals surface area contributed by atoms with Crippen LogP contribution < -0.4 is 4.74 Å². The Hall–Kier alpha value is -3.14. The summed E-state index contributed by atoms with van der Waals surface area (Å²) in [4.78, 5) is 39.4. The molecular weight excluding hydrogens is 464 g/mol. The Balaban J connectivity index is 1.30. The third kappa shape index (κ3) is 4.03. The van der Waals surface area contributed by atoms with Crippen LogP contribution in [-0.2, 0) is 7.05 Å². The molecule has 0 aromatic carbocycles. The lowest BCUT2D eigenvalue weighted by molar-refractivity contribution is 0.0561. The van der Waals surface area contributed by atoms with E-state index in [1.54, 1.807) is 24.2 Å². The van der Waals surface area contributed by atoms with Gasteiger partial charge in [-0.1, -0.05) is 0 Å². The molecule has 5 heterocycles. The zero-order valence-corrected chi connectivity index (χ0v) is 21.4. The highest BCUT2D eigenvalue weighted by molar-refractivity contribution is 7.98. The van der Waals surface area contributed by atoms with Crippen molar-refractivity contribution < 1.29 is 14.3 Å². The molecular formula is C25H30N6O3S. The topological polar surface area (TPSA) is 93.4 Å². The molecule has 5 rings (SSSR count). The van der Waals surface area contributed by atoms with Crippen LogP contribution in [0.1, 0.15) is 45.7 Å². The van der Waals surface area contributed by atoms with Crippen LogP contribution in [0, 0.1) is 12.3 Å². The molecule has 184 valence electrons. The van der Waals surface area contributed by atoms with Crippen molar-refractivity contribution in [3.8, 4) is 5.75 Å². The minimum Gasteiger partial charge on any atom is -0.495 e. The number of carbonyl (C=O) groups excluding carboxylic acids is 2. The number of thioether (sulfide) groups is 1. The Labute approximate surface area is 208 Å². The number of hydrogen-bond acceptors (Lipinski definition) is 7. The molecule has 1 spiro atoms. The molecule has 35 heavy (non-hydrogen) atoms. The predicted octanol–water partition coefficient (Wildman–Crippen LogP) is 3.17. The van der Waals surface area contributed by atoms with Gasteiger partial charge in [0.25, 0.3) is 11.8 Å².